The second kappa shape index (κ2) is 39.3. The molecule has 0 rings (SSSR count). The molecule has 0 aliphatic carbocycles. The molecule has 0 aliphatic rings. The fourth-order valence-corrected chi connectivity index (χ4v) is 6.14. The molecule has 0 bridgehead atoms. The number of carbonyl (C=O) groups excluding carboxylic acids is 2. The monoisotopic (exact) mass is 848 g/mol. The van der Waals surface area contributed by atoms with Crippen molar-refractivity contribution in [1.29, 1.82) is 0 Å². The predicted octanol–water partition coefficient (Wildman–Crippen LogP) is 11.1. The third-order valence-corrected chi connectivity index (χ3v) is 9.96. The Morgan fingerprint density at radius 3 is 1.76 bits per heavy atom. The summed E-state index contributed by atoms with van der Waals surface area (Å²) in [5.74, 6) is -0.961. The highest BCUT2D eigenvalue weighted by molar-refractivity contribution is 7.45. The summed E-state index contributed by atoms with van der Waals surface area (Å²) in [6, 6.07) is 0. The maximum Gasteiger partial charge on any atom is 0.306 e. The zero-order valence-electron chi connectivity index (χ0n) is 37.5. The van der Waals surface area contributed by atoms with Gasteiger partial charge in [0.05, 0.1) is 33.9 Å². The summed E-state index contributed by atoms with van der Waals surface area (Å²) in [6.07, 6.45) is 46.5. The largest absolute Gasteiger partial charge is 0.756 e. The van der Waals surface area contributed by atoms with Crippen LogP contribution in [0.25, 0.3) is 0 Å². The molecule has 3 atom stereocenters. The molecule has 0 amide bonds. The Morgan fingerprint density at radius 2 is 1.15 bits per heavy atom. The number of rotatable bonds is 39. The van der Waals surface area contributed by atoms with Crippen LogP contribution in [0.15, 0.2) is 85.1 Å². The van der Waals surface area contributed by atoms with E-state index in [1.54, 1.807) is 0 Å². The fraction of sp³-hybridized carbons (Fsp3) is 0.667. The number of esters is 2. The van der Waals surface area contributed by atoms with Crippen LogP contribution in [0.1, 0.15) is 149 Å². The molecule has 0 aromatic rings. The lowest BCUT2D eigenvalue weighted by molar-refractivity contribution is -0.870. The molecule has 0 heterocycles. The molecule has 0 saturated heterocycles. The molecule has 10 nitrogen and oxygen atoms in total. The second-order valence-corrected chi connectivity index (χ2v) is 17.3. The van der Waals surface area contributed by atoms with E-state index in [9.17, 15) is 24.2 Å². The van der Waals surface area contributed by atoms with Crippen molar-refractivity contribution in [1.82, 2.24) is 0 Å². The number of nitrogens with zero attached hydrogens (tertiary/aromatic N) is 1. The first-order valence-corrected chi connectivity index (χ1v) is 23.9. The standard InChI is InChI=1S/C48H82NO9P/c1-6-8-10-11-12-13-14-15-16-17-18-19-22-25-28-31-35-39-47(51)55-43-46(44-57-59(53,54)56-42-41-49(3,4)5)58-48(52)40-36-32-29-26-23-20-21-24-27-30-34-38-45(50)37-33-9-7-2/h12-13,15-16,18-21,26-27,29-30,34,38,45-46,50H,6-11,14,17,22-25,28,31-33,35-37,39-44H2,1-5H3/b13-12-,16-15-,19-18-,21-20-,29-26-,30-27-,38-34+/t45-,46+/m0/s1. The molecular weight excluding hydrogens is 765 g/mol. The SMILES string of the molecule is CCCCC/C=C\C/C=C\C/C=C\CCCCCCC(=O)OC[C@H](COP(=O)([O-])OCC[N+](C)(C)C)OC(=O)CCC/C=C\C/C=C\C/C=C\C=C\[C@@H](O)CCCCC. The lowest BCUT2D eigenvalue weighted by atomic mass is 10.1. The van der Waals surface area contributed by atoms with E-state index >= 15 is 0 Å². The molecular formula is C48H82NO9P. The Hall–Kier alpha value is -2.85. The highest BCUT2D eigenvalue weighted by Gasteiger charge is 2.21. The number of aliphatic hydroxyl groups is 1. The minimum atomic E-state index is -4.66. The molecule has 0 aromatic carbocycles. The first-order valence-electron chi connectivity index (χ1n) is 22.4. The molecule has 0 aliphatic heterocycles. The number of unbranched alkanes of at least 4 members (excludes halogenated alkanes) is 10. The van der Waals surface area contributed by atoms with Crippen molar-refractivity contribution in [2.24, 2.45) is 0 Å². The van der Waals surface area contributed by atoms with Crippen molar-refractivity contribution in [2.75, 3.05) is 47.5 Å². The van der Waals surface area contributed by atoms with Gasteiger partial charge in [-0.2, -0.15) is 0 Å². The van der Waals surface area contributed by atoms with E-state index in [2.05, 4.69) is 62.5 Å². The normalized spacial score (nSPS) is 14.9. The van der Waals surface area contributed by atoms with Gasteiger partial charge in [0.25, 0.3) is 7.82 Å². The van der Waals surface area contributed by atoms with Crippen LogP contribution >= 0.6 is 7.82 Å². The second-order valence-electron chi connectivity index (χ2n) is 15.9. The van der Waals surface area contributed by atoms with Crippen LogP contribution in [-0.2, 0) is 32.7 Å². The maximum atomic E-state index is 12.7. The third-order valence-electron chi connectivity index (χ3n) is 8.99. The van der Waals surface area contributed by atoms with Gasteiger partial charge in [-0.25, -0.2) is 0 Å². The van der Waals surface area contributed by atoms with Gasteiger partial charge in [-0.3, -0.25) is 14.2 Å². The van der Waals surface area contributed by atoms with Crippen LogP contribution in [0.5, 0.6) is 0 Å². The molecule has 59 heavy (non-hydrogen) atoms. The molecule has 0 spiro atoms. The highest BCUT2D eigenvalue weighted by Crippen LogP contribution is 2.38. The lowest BCUT2D eigenvalue weighted by Crippen LogP contribution is -2.37. The van der Waals surface area contributed by atoms with Crippen LogP contribution in [0.4, 0.5) is 0 Å². The predicted molar refractivity (Wildman–Crippen MR) is 242 cm³/mol. The van der Waals surface area contributed by atoms with Gasteiger partial charge in [-0.05, 0) is 77.0 Å². The van der Waals surface area contributed by atoms with Gasteiger partial charge in [0, 0.05) is 12.8 Å². The number of quaternary nitrogens is 1. The first-order chi connectivity index (χ1) is 28.4. The Balaban J connectivity index is 4.55. The number of carbonyl (C=O) groups is 2. The number of ether oxygens (including phenoxy) is 2. The van der Waals surface area contributed by atoms with Gasteiger partial charge >= 0.3 is 11.9 Å². The van der Waals surface area contributed by atoms with E-state index in [-0.39, 0.29) is 32.2 Å². The Labute approximate surface area is 359 Å². The first kappa shape index (κ1) is 56.1. The van der Waals surface area contributed by atoms with Crippen LogP contribution < -0.4 is 4.89 Å². The van der Waals surface area contributed by atoms with Crippen LogP contribution in [-0.4, -0.2) is 81.2 Å². The van der Waals surface area contributed by atoms with E-state index in [1.165, 1.54) is 25.7 Å². The van der Waals surface area contributed by atoms with Crippen molar-refractivity contribution in [3.05, 3.63) is 85.1 Å². The number of aliphatic hydroxyl groups excluding tert-OH is 1. The van der Waals surface area contributed by atoms with Crippen molar-refractivity contribution >= 4 is 19.8 Å². The Bertz CT molecular complexity index is 1300. The molecule has 0 aromatic heterocycles. The number of likely N-dealkylation sites (N-methyl/N-ethyl adjacent to an activating group) is 1. The van der Waals surface area contributed by atoms with E-state index < -0.39 is 32.5 Å². The van der Waals surface area contributed by atoms with Crippen molar-refractivity contribution in [3.63, 3.8) is 0 Å². The molecule has 1 unspecified atom stereocenters. The van der Waals surface area contributed by atoms with Gasteiger partial charge in [0.1, 0.15) is 19.8 Å². The fourth-order valence-electron chi connectivity index (χ4n) is 5.41. The maximum absolute atomic E-state index is 12.7. The number of hydrogen-bond donors (Lipinski definition) is 1. The summed E-state index contributed by atoms with van der Waals surface area (Å²) in [7, 11) is 1.07. The highest BCUT2D eigenvalue weighted by atomic mass is 31.2. The van der Waals surface area contributed by atoms with E-state index in [0.29, 0.717) is 30.3 Å². The minimum Gasteiger partial charge on any atom is -0.756 e. The Kier molecular flexibility index (Phi) is 37.4. The number of phosphoric ester groups is 1. The average Bonchev–Trinajstić information content (AvgIpc) is 3.18. The molecule has 0 fully saturated rings. The summed E-state index contributed by atoms with van der Waals surface area (Å²) in [6.45, 7) is 3.94. The Morgan fingerprint density at radius 1 is 0.627 bits per heavy atom. The van der Waals surface area contributed by atoms with E-state index in [4.69, 9.17) is 18.5 Å². The lowest BCUT2D eigenvalue weighted by Gasteiger charge is -2.28. The van der Waals surface area contributed by atoms with E-state index in [0.717, 1.165) is 77.0 Å². The van der Waals surface area contributed by atoms with Crippen LogP contribution in [0.2, 0.25) is 0 Å². The molecule has 0 saturated carbocycles. The molecule has 1 N–H and O–H groups in total. The smallest absolute Gasteiger partial charge is 0.306 e. The van der Waals surface area contributed by atoms with Crippen LogP contribution in [0, 0.1) is 0 Å². The van der Waals surface area contributed by atoms with Gasteiger partial charge in [0.15, 0.2) is 6.10 Å². The number of allylic oxidation sites excluding steroid dienone is 13. The molecule has 11 heteroatoms. The molecule has 338 valence electrons. The quantitative estimate of drug-likeness (QED) is 0.0160. The molecule has 0 radical (unpaired) electrons. The summed E-state index contributed by atoms with van der Waals surface area (Å²) in [5.41, 5.74) is 0. The summed E-state index contributed by atoms with van der Waals surface area (Å²) >= 11 is 0. The topological polar surface area (TPSA) is 131 Å². The van der Waals surface area contributed by atoms with Crippen LogP contribution in [0.3, 0.4) is 0 Å². The average molecular weight is 848 g/mol. The van der Waals surface area contributed by atoms with E-state index in [1.807, 2.05) is 57.6 Å². The minimum absolute atomic E-state index is 0.0578. The van der Waals surface area contributed by atoms with Crippen molar-refractivity contribution in [2.45, 2.75) is 161 Å². The summed E-state index contributed by atoms with van der Waals surface area (Å²) in [4.78, 5) is 37.5. The van der Waals surface area contributed by atoms with Gasteiger partial charge in [-0.1, -0.05) is 144 Å². The van der Waals surface area contributed by atoms with Gasteiger partial charge < -0.3 is 33.0 Å². The van der Waals surface area contributed by atoms with Crippen molar-refractivity contribution in [3.8, 4) is 0 Å². The third kappa shape index (κ3) is 43.1. The number of hydrogen-bond acceptors (Lipinski definition) is 9. The zero-order valence-corrected chi connectivity index (χ0v) is 38.4. The summed E-state index contributed by atoms with van der Waals surface area (Å²) < 4.78 is 33.8. The number of phosphoric acid groups is 1. The van der Waals surface area contributed by atoms with Crippen molar-refractivity contribution < 1.29 is 47.2 Å². The zero-order chi connectivity index (χ0) is 43.7. The van der Waals surface area contributed by atoms with Gasteiger partial charge in [0.2, 0.25) is 0 Å². The summed E-state index contributed by atoms with van der Waals surface area (Å²) in [5, 5.41) is 9.91. The van der Waals surface area contributed by atoms with Gasteiger partial charge in [-0.15, -0.1) is 0 Å².